The molecule has 1 fully saturated rings. The maximum absolute atomic E-state index is 6.20. The molecule has 1 saturated carbocycles. The fourth-order valence-electron chi connectivity index (χ4n) is 2.88. The molecule has 108 valence electrons. The zero-order valence-electron chi connectivity index (χ0n) is 13.4. The van der Waals surface area contributed by atoms with Gasteiger partial charge in [0.1, 0.15) is 0 Å². The zero-order chi connectivity index (χ0) is 14.0. The van der Waals surface area contributed by atoms with Gasteiger partial charge in [-0.05, 0) is 30.1 Å². The molecule has 0 aliphatic heterocycles. The molecule has 0 aromatic carbocycles. The highest BCUT2D eigenvalue weighted by molar-refractivity contribution is 5.02. The third-order valence-electron chi connectivity index (χ3n) is 5.45. The Hall–Kier alpha value is -0.0800. The summed E-state index contributed by atoms with van der Waals surface area (Å²) in [5.74, 6) is 1.21. The van der Waals surface area contributed by atoms with E-state index in [2.05, 4.69) is 41.5 Å². The Bertz CT molecular complexity index is 258. The van der Waals surface area contributed by atoms with E-state index >= 15 is 0 Å². The van der Waals surface area contributed by atoms with Crippen molar-refractivity contribution in [3.63, 3.8) is 0 Å². The molecular weight excluding hydrogens is 224 g/mol. The van der Waals surface area contributed by atoms with Crippen LogP contribution in [0.1, 0.15) is 54.9 Å². The fraction of sp³-hybridized carbons (Fsp3) is 1.00. The van der Waals surface area contributed by atoms with Crippen molar-refractivity contribution in [1.82, 2.24) is 0 Å². The van der Waals surface area contributed by atoms with Crippen LogP contribution in [0, 0.1) is 22.7 Å². The predicted molar refractivity (Wildman–Crippen MR) is 76.7 cm³/mol. The van der Waals surface area contributed by atoms with Gasteiger partial charge in [-0.1, -0.05) is 41.5 Å². The van der Waals surface area contributed by atoms with Crippen LogP contribution in [0.4, 0.5) is 0 Å². The summed E-state index contributed by atoms with van der Waals surface area (Å²) < 4.78 is 11.6. The van der Waals surface area contributed by atoms with Crippen LogP contribution in [-0.2, 0) is 9.47 Å². The second-order valence-corrected chi connectivity index (χ2v) is 7.17. The molecule has 0 N–H and O–H groups in total. The van der Waals surface area contributed by atoms with E-state index in [1.807, 2.05) is 6.92 Å². The van der Waals surface area contributed by atoms with Crippen molar-refractivity contribution in [2.45, 2.75) is 61.0 Å². The molecule has 1 aliphatic rings. The average Bonchev–Trinajstić information content (AvgIpc) is 2.44. The third kappa shape index (κ3) is 3.08. The molecular formula is C16H32O2. The summed E-state index contributed by atoms with van der Waals surface area (Å²) in [4.78, 5) is 0. The first-order valence-electron chi connectivity index (χ1n) is 7.42. The first kappa shape index (κ1) is 16.0. The van der Waals surface area contributed by atoms with E-state index in [0.29, 0.717) is 17.4 Å². The standard InChI is InChI=1S/C16H32O2/c1-8-17-10-12(2)11-18-14-9-13(3)15(4,5)16(14,6)7/h12-14H,8-11H2,1-7H3. The van der Waals surface area contributed by atoms with Gasteiger partial charge in [0.2, 0.25) is 0 Å². The molecule has 0 bridgehead atoms. The van der Waals surface area contributed by atoms with Crippen LogP contribution in [0.2, 0.25) is 0 Å². The van der Waals surface area contributed by atoms with E-state index in [1.165, 1.54) is 6.42 Å². The van der Waals surface area contributed by atoms with Crippen molar-refractivity contribution < 1.29 is 9.47 Å². The largest absolute Gasteiger partial charge is 0.381 e. The minimum absolute atomic E-state index is 0.248. The lowest BCUT2D eigenvalue weighted by Crippen LogP contribution is -2.38. The minimum Gasteiger partial charge on any atom is -0.381 e. The molecule has 0 radical (unpaired) electrons. The van der Waals surface area contributed by atoms with Crippen molar-refractivity contribution in [3.05, 3.63) is 0 Å². The van der Waals surface area contributed by atoms with E-state index in [1.54, 1.807) is 0 Å². The van der Waals surface area contributed by atoms with Gasteiger partial charge >= 0.3 is 0 Å². The SMILES string of the molecule is CCOCC(C)COC1CC(C)C(C)(C)C1(C)C. The monoisotopic (exact) mass is 256 g/mol. The van der Waals surface area contributed by atoms with E-state index in [-0.39, 0.29) is 5.41 Å². The number of rotatable bonds is 6. The highest BCUT2D eigenvalue weighted by Crippen LogP contribution is 2.56. The van der Waals surface area contributed by atoms with Crippen molar-refractivity contribution in [2.24, 2.45) is 22.7 Å². The molecule has 2 nitrogen and oxygen atoms in total. The molecule has 18 heavy (non-hydrogen) atoms. The number of hydrogen-bond donors (Lipinski definition) is 0. The summed E-state index contributed by atoms with van der Waals surface area (Å²) in [6, 6.07) is 0. The smallest absolute Gasteiger partial charge is 0.0634 e. The van der Waals surface area contributed by atoms with E-state index in [9.17, 15) is 0 Å². The predicted octanol–water partition coefficient (Wildman–Crippen LogP) is 4.14. The number of ether oxygens (including phenoxy) is 2. The molecule has 3 atom stereocenters. The van der Waals surface area contributed by atoms with Crippen LogP contribution < -0.4 is 0 Å². The Morgan fingerprint density at radius 2 is 1.72 bits per heavy atom. The Balaban J connectivity index is 2.49. The maximum Gasteiger partial charge on any atom is 0.0634 e. The van der Waals surface area contributed by atoms with Crippen LogP contribution in [0.3, 0.4) is 0 Å². The van der Waals surface area contributed by atoms with Gasteiger partial charge in [0.25, 0.3) is 0 Å². The second-order valence-electron chi connectivity index (χ2n) is 7.17. The van der Waals surface area contributed by atoms with Crippen LogP contribution in [0.5, 0.6) is 0 Å². The Morgan fingerprint density at radius 3 is 2.17 bits per heavy atom. The van der Waals surface area contributed by atoms with Gasteiger partial charge in [0.05, 0.1) is 19.3 Å². The molecule has 0 saturated heterocycles. The quantitative estimate of drug-likeness (QED) is 0.711. The summed E-state index contributed by atoms with van der Waals surface area (Å²) in [6.07, 6.45) is 1.56. The second kappa shape index (κ2) is 5.92. The van der Waals surface area contributed by atoms with Gasteiger partial charge in [0, 0.05) is 12.5 Å². The van der Waals surface area contributed by atoms with E-state index in [0.717, 1.165) is 25.7 Å². The van der Waals surface area contributed by atoms with E-state index < -0.39 is 0 Å². The summed E-state index contributed by atoms with van der Waals surface area (Å²) in [6.45, 7) is 18.5. The molecule has 0 aromatic rings. The summed E-state index contributed by atoms with van der Waals surface area (Å²) in [5.41, 5.74) is 0.596. The molecule has 3 unspecified atom stereocenters. The average molecular weight is 256 g/mol. The van der Waals surface area contributed by atoms with E-state index in [4.69, 9.17) is 9.47 Å². The molecule has 1 aliphatic carbocycles. The lowest BCUT2D eigenvalue weighted by molar-refractivity contribution is -0.0585. The molecule has 0 amide bonds. The lowest BCUT2D eigenvalue weighted by Gasteiger charge is -2.40. The summed E-state index contributed by atoms with van der Waals surface area (Å²) in [5, 5.41) is 0. The summed E-state index contributed by atoms with van der Waals surface area (Å²) in [7, 11) is 0. The van der Waals surface area contributed by atoms with Crippen molar-refractivity contribution in [3.8, 4) is 0 Å². The fourth-order valence-corrected chi connectivity index (χ4v) is 2.88. The molecule has 0 spiro atoms. The normalized spacial score (nSPS) is 31.5. The Kier molecular flexibility index (Phi) is 5.25. The maximum atomic E-state index is 6.20. The molecule has 0 aromatic heterocycles. The van der Waals surface area contributed by atoms with Gasteiger partial charge in [-0.3, -0.25) is 0 Å². The highest BCUT2D eigenvalue weighted by atomic mass is 16.5. The van der Waals surface area contributed by atoms with Gasteiger partial charge < -0.3 is 9.47 Å². The third-order valence-corrected chi connectivity index (χ3v) is 5.45. The topological polar surface area (TPSA) is 18.5 Å². The van der Waals surface area contributed by atoms with Crippen molar-refractivity contribution in [1.29, 1.82) is 0 Å². The van der Waals surface area contributed by atoms with Crippen LogP contribution in [0.15, 0.2) is 0 Å². The molecule has 2 heteroatoms. The lowest BCUT2D eigenvalue weighted by atomic mass is 9.67. The van der Waals surface area contributed by atoms with Crippen LogP contribution in [-0.4, -0.2) is 25.9 Å². The molecule has 0 heterocycles. The zero-order valence-corrected chi connectivity index (χ0v) is 13.4. The first-order chi connectivity index (χ1) is 8.23. The van der Waals surface area contributed by atoms with Gasteiger partial charge in [-0.2, -0.15) is 0 Å². The Morgan fingerprint density at radius 1 is 1.11 bits per heavy atom. The van der Waals surface area contributed by atoms with Crippen molar-refractivity contribution >= 4 is 0 Å². The Labute approximate surface area is 113 Å². The molecule has 1 rings (SSSR count). The van der Waals surface area contributed by atoms with Crippen molar-refractivity contribution in [2.75, 3.05) is 19.8 Å². The van der Waals surface area contributed by atoms with Crippen LogP contribution >= 0.6 is 0 Å². The first-order valence-corrected chi connectivity index (χ1v) is 7.42. The number of hydrogen-bond acceptors (Lipinski definition) is 2. The summed E-state index contributed by atoms with van der Waals surface area (Å²) >= 11 is 0. The van der Waals surface area contributed by atoms with Gasteiger partial charge in [-0.25, -0.2) is 0 Å². The van der Waals surface area contributed by atoms with Gasteiger partial charge in [0.15, 0.2) is 0 Å². The van der Waals surface area contributed by atoms with Gasteiger partial charge in [-0.15, -0.1) is 0 Å². The van der Waals surface area contributed by atoms with Crippen LogP contribution in [0.25, 0.3) is 0 Å². The minimum atomic E-state index is 0.248. The highest BCUT2D eigenvalue weighted by Gasteiger charge is 2.53.